The Morgan fingerprint density at radius 1 is 1.27 bits per heavy atom. The molecule has 0 aliphatic heterocycles. The summed E-state index contributed by atoms with van der Waals surface area (Å²) in [6.07, 6.45) is -0.173. The van der Waals surface area contributed by atoms with Gasteiger partial charge in [-0.1, -0.05) is 24.6 Å². The number of benzene rings is 1. The highest BCUT2D eigenvalue weighted by Gasteiger charge is 2.22. The minimum atomic E-state index is -0.953. The second-order valence-corrected chi connectivity index (χ2v) is 6.84. The van der Waals surface area contributed by atoms with E-state index in [9.17, 15) is 14.4 Å². The van der Waals surface area contributed by atoms with E-state index in [1.807, 2.05) is 6.92 Å². The standard InChI is InChI=1S/C18H19ClN2O4S/c1-3-8-20-16(22)11(2)25-18(24)13-7-6-12(19)10-14(13)21-17(23)15-5-4-9-26-15/h4-7,9-11H,3,8H2,1-2H3,(H,20,22)(H,21,23)/t11-/m0/s1. The summed E-state index contributed by atoms with van der Waals surface area (Å²) in [7, 11) is 0. The van der Waals surface area contributed by atoms with Gasteiger partial charge in [0.1, 0.15) is 0 Å². The second-order valence-electron chi connectivity index (χ2n) is 5.46. The topological polar surface area (TPSA) is 84.5 Å². The number of halogens is 1. The molecule has 0 saturated carbocycles. The molecular weight excluding hydrogens is 376 g/mol. The highest BCUT2D eigenvalue weighted by molar-refractivity contribution is 7.12. The molecule has 1 atom stereocenters. The third kappa shape index (κ3) is 5.31. The van der Waals surface area contributed by atoms with Crippen LogP contribution in [0.2, 0.25) is 5.02 Å². The summed E-state index contributed by atoms with van der Waals surface area (Å²) < 4.78 is 5.21. The molecule has 2 N–H and O–H groups in total. The Morgan fingerprint density at radius 3 is 2.69 bits per heavy atom. The van der Waals surface area contributed by atoms with Crippen LogP contribution >= 0.6 is 22.9 Å². The fourth-order valence-corrected chi connectivity index (χ4v) is 2.85. The first-order valence-corrected chi connectivity index (χ1v) is 9.31. The Labute approximate surface area is 160 Å². The van der Waals surface area contributed by atoms with Crippen molar-refractivity contribution in [2.75, 3.05) is 11.9 Å². The third-order valence-corrected chi connectivity index (χ3v) is 4.50. The third-order valence-electron chi connectivity index (χ3n) is 3.40. The molecule has 138 valence electrons. The molecular formula is C18H19ClN2O4S. The Hall–Kier alpha value is -2.38. The number of thiophene rings is 1. The van der Waals surface area contributed by atoms with E-state index in [2.05, 4.69) is 10.6 Å². The Kier molecular flexibility index (Phi) is 7.17. The zero-order valence-electron chi connectivity index (χ0n) is 14.4. The van der Waals surface area contributed by atoms with E-state index in [1.54, 1.807) is 17.5 Å². The molecule has 0 radical (unpaired) electrons. The van der Waals surface area contributed by atoms with Crippen molar-refractivity contribution < 1.29 is 19.1 Å². The van der Waals surface area contributed by atoms with Gasteiger partial charge in [0, 0.05) is 11.6 Å². The number of carbonyl (C=O) groups is 3. The van der Waals surface area contributed by atoms with Gasteiger partial charge in [-0.15, -0.1) is 11.3 Å². The molecule has 26 heavy (non-hydrogen) atoms. The number of hydrogen-bond donors (Lipinski definition) is 2. The van der Waals surface area contributed by atoms with Crippen LogP contribution in [0.4, 0.5) is 5.69 Å². The summed E-state index contributed by atoms with van der Waals surface area (Å²) in [6, 6.07) is 7.85. The van der Waals surface area contributed by atoms with E-state index < -0.39 is 12.1 Å². The van der Waals surface area contributed by atoms with Gasteiger partial charge >= 0.3 is 5.97 Å². The van der Waals surface area contributed by atoms with Crippen molar-refractivity contribution in [3.8, 4) is 0 Å². The van der Waals surface area contributed by atoms with E-state index in [4.69, 9.17) is 16.3 Å². The van der Waals surface area contributed by atoms with Gasteiger partial charge in [0.05, 0.1) is 16.1 Å². The Morgan fingerprint density at radius 2 is 2.04 bits per heavy atom. The number of nitrogens with one attached hydrogen (secondary N) is 2. The van der Waals surface area contributed by atoms with Gasteiger partial charge in [0.2, 0.25) is 0 Å². The van der Waals surface area contributed by atoms with Crippen LogP contribution in [0.15, 0.2) is 35.7 Å². The van der Waals surface area contributed by atoms with Gasteiger partial charge in [0.25, 0.3) is 11.8 Å². The van der Waals surface area contributed by atoms with Crippen LogP contribution in [-0.2, 0) is 9.53 Å². The molecule has 2 amide bonds. The predicted molar refractivity (Wildman–Crippen MR) is 102 cm³/mol. The molecule has 0 saturated heterocycles. The van der Waals surface area contributed by atoms with Crippen LogP contribution in [0, 0.1) is 0 Å². The Balaban J connectivity index is 2.14. The number of carbonyl (C=O) groups excluding carboxylic acids is 3. The molecule has 0 aliphatic carbocycles. The van der Waals surface area contributed by atoms with Crippen molar-refractivity contribution in [2.45, 2.75) is 26.4 Å². The molecule has 1 heterocycles. The van der Waals surface area contributed by atoms with Crippen LogP contribution in [-0.4, -0.2) is 30.4 Å². The fourth-order valence-electron chi connectivity index (χ4n) is 2.06. The van der Waals surface area contributed by atoms with Crippen LogP contribution in [0.3, 0.4) is 0 Å². The van der Waals surface area contributed by atoms with Crippen molar-refractivity contribution in [2.24, 2.45) is 0 Å². The molecule has 0 bridgehead atoms. The monoisotopic (exact) mass is 394 g/mol. The first kappa shape index (κ1) is 19.9. The zero-order chi connectivity index (χ0) is 19.1. The van der Waals surface area contributed by atoms with Gasteiger partial charge in [-0.3, -0.25) is 9.59 Å². The SMILES string of the molecule is CCCNC(=O)[C@H](C)OC(=O)c1ccc(Cl)cc1NC(=O)c1cccs1. The lowest BCUT2D eigenvalue weighted by atomic mass is 10.1. The molecule has 8 heteroatoms. The van der Waals surface area contributed by atoms with Gasteiger partial charge in [-0.25, -0.2) is 4.79 Å². The molecule has 2 aromatic rings. The van der Waals surface area contributed by atoms with E-state index in [1.165, 1.54) is 36.5 Å². The number of hydrogen-bond acceptors (Lipinski definition) is 5. The van der Waals surface area contributed by atoms with Crippen molar-refractivity contribution in [3.05, 3.63) is 51.2 Å². The lowest BCUT2D eigenvalue weighted by Gasteiger charge is -2.15. The molecule has 2 rings (SSSR count). The molecule has 0 fully saturated rings. The molecule has 1 aromatic carbocycles. The summed E-state index contributed by atoms with van der Waals surface area (Å²) in [6.45, 7) is 3.92. The molecule has 1 aromatic heterocycles. The summed E-state index contributed by atoms with van der Waals surface area (Å²) >= 11 is 7.26. The van der Waals surface area contributed by atoms with Crippen molar-refractivity contribution in [1.29, 1.82) is 0 Å². The summed E-state index contributed by atoms with van der Waals surface area (Å²) in [5, 5.41) is 7.45. The maximum atomic E-state index is 12.4. The summed E-state index contributed by atoms with van der Waals surface area (Å²) in [5.41, 5.74) is 0.344. The summed E-state index contributed by atoms with van der Waals surface area (Å²) in [4.78, 5) is 37.0. The average molecular weight is 395 g/mol. The van der Waals surface area contributed by atoms with E-state index in [-0.39, 0.29) is 23.1 Å². The normalized spacial score (nSPS) is 11.5. The maximum Gasteiger partial charge on any atom is 0.341 e. The van der Waals surface area contributed by atoms with Gasteiger partial charge in [-0.2, -0.15) is 0 Å². The largest absolute Gasteiger partial charge is 0.449 e. The van der Waals surface area contributed by atoms with Crippen molar-refractivity contribution in [1.82, 2.24) is 5.32 Å². The van der Waals surface area contributed by atoms with Crippen molar-refractivity contribution in [3.63, 3.8) is 0 Å². The lowest BCUT2D eigenvalue weighted by molar-refractivity contribution is -0.129. The highest BCUT2D eigenvalue weighted by atomic mass is 35.5. The molecule has 6 nitrogen and oxygen atoms in total. The minimum absolute atomic E-state index is 0.120. The molecule has 0 spiro atoms. The van der Waals surface area contributed by atoms with E-state index in [0.717, 1.165) is 6.42 Å². The highest BCUT2D eigenvalue weighted by Crippen LogP contribution is 2.24. The average Bonchev–Trinajstić information content (AvgIpc) is 3.14. The molecule has 0 aliphatic rings. The van der Waals surface area contributed by atoms with Gasteiger partial charge in [0.15, 0.2) is 6.10 Å². The maximum absolute atomic E-state index is 12.4. The molecule has 0 unspecified atom stereocenters. The first-order chi connectivity index (χ1) is 12.4. The van der Waals surface area contributed by atoms with Gasteiger partial charge in [-0.05, 0) is 43.0 Å². The summed E-state index contributed by atoms with van der Waals surface area (Å²) in [5.74, 6) is -1.45. The second kappa shape index (κ2) is 9.35. The fraction of sp³-hybridized carbons (Fsp3) is 0.278. The number of amides is 2. The smallest absolute Gasteiger partial charge is 0.341 e. The lowest BCUT2D eigenvalue weighted by Crippen LogP contribution is -2.36. The predicted octanol–water partition coefficient (Wildman–Crippen LogP) is 3.73. The van der Waals surface area contributed by atoms with Crippen molar-refractivity contribution >= 4 is 46.4 Å². The van der Waals surface area contributed by atoms with Crippen LogP contribution < -0.4 is 10.6 Å². The number of anilines is 1. The number of ether oxygens (including phenoxy) is 1. The van der Waals surface area contributed by atoms with E-state index in [0.29, 0.717) is 16.4 Å². The Bertz CT molecular complexity index is 792. The van der Waals surface area contributed by atoms with Gasteiger partial charge < -0.3 is 15.4 Å². The first-order valence-electron chi connectivity index (χ1n) is 8.05. The van der Waals surface area contributed by atoms with Crippen LogP contribution in [0.1, 0.15) is 40.3 Å². The number of rotatable bonds is 7. The van der Waals surface area contributed by atoms with Crippen LogP contribution in [0.5, 0.6) is 0 Å². The van der Waals surface area contributed by atoms with E-state index >= 15 is 0 Å². The van der Waals surface area contributed by atoms with Crippen LogP contribution in [0.25, 0.3) is 0 Å². The number of esters is 1. The minimum Gasteiger partial charge on any atom is -0.449 e. The zero-order valence-corrected chi connectivity index (χ0v) is 15.9. The quantitative estimate of drug-likeness (QED) is 0.701.